The average Bonchev–Trinajstić information content (AvgIpc) is 3.18. The number of aromatic amines is 1. The Hall–Kier alpha value is -3.23. The van der Waals surface area contributed by atoms with E-state index in [0.29, 0.717) is 36.1 Å². The van der Waals surface area contributed by atoms with Gasteiger partial charge in [-0.05, 0) is 49.7 Å². The molecule has 31 heavy (non-hydrogen) atoms. The number of nitrogens with zero attached hydrogens (tertiary/aromatic N) is 3. The van der Waals surface area contributed by atoms with Gasteiger partial charge in [0.2, 0.25) is 5.91 Å². The van der Waals surface area contributed by atoms with E-state index >= 15 is 0 Å². The van der Waals surface area contributed by atoms with Crippen LogP contribution in [0.25, 0.3) is 11.4 Å². The average molecular weight is 425 g/mol. The number of rotatable bonds is 4. The first-order chi connectivity index (χ1) is 14.6. The van der Waals surface area contributed by atoms with Gasteiger partial charge in [-0.3, -0.25) is 19.6 Å². The van der Waals surface area contributed by atoms with Crippen molar-refractivity contribution in [2.75, 3.05) is 11.9 Å². The van der Waals surface area contributed by atoms with Crippen LogP contribution in [0.15, 0.2) is 24.3 Å². The zero-order valence-corrected chi connectivity index (χ0v) is 18.3. The Balaban J connectivity index is 1.46. The number of anilines is 1. The zero-order valence-electron chi connectivity index (χ0n) is 18.3. The number of carbonyl (C=O) groups is 3. The molecule has 2 atom stereocenters. The van der Waals surface area contributed by atoms with Gasteiger partial charge in [0.05, 0.1) is 0 Å². The maximum Gasteiger partial charge on any atom is 0.325 e. The monoisotopic (exact) mass is 424 g/mol. The Bertz CT molecular complexity index is 1050. The van der Waals surface area contributed by atoms with E-state index in [1.807, 2.05) is 6.07 Å². The van der Waals surface area contributed by atoms with Gasteiger partial charge in [0.15, 0.2) is 5.82 Å². The molecule has 164 valence electrons. The molecule has 2 aromatic rings. The fraction of sp³-hybridized carbons (Fsp3) is 0.500. The molecule has 1 aromatic carbocycles. The van der Waals surface area contributed by atoms with Gasteiger partial charge in [0.25, 0.3) is 5.91 Å². The van der Waals surface area contributed by atoms with E-state index in [4.69, 9.17) is 0 Å². The predicted molar refractivity (Wildman–Crippen MR) is 115 cm³/mol. The smallest absolute Gasteiger partial charge is 0.325 e. The lowest BCUT2D eigenvalue weighted by Crippen LogP contribution is -2.54. The molecule has 1 aromatic heterocycles. The largest absolute Gasteiger partial charge is 0.325 e. The van der Waals surface area contributed by atoms with Gasteiger partial charge in [0.1, 0.15) is 17.9 Å². The third kappa shape index (κ3) is 4.17. The summed E-state index contributed by atoms with van der Waals surface area (Å²) in [4.78, 5) is 43.8. The van der Waals surface area contributed by atoms with Gasteiger partial charge >= 0.3 is 6.03 Å². The van der Waals surface area contributed by atoms with E-state index in [0.717, 1.165) is 16.9 Å². The summed E-state index contributed by atoms with van der Waals surface area (Å²) in [6.07, 6.45) is 2.17. The minimum atomic E-state index is -0.915. The predicted octanol–water partition coefficient (Wildman–Crippen LogP) is 2.86. The van der Waals surface area contributed by atoms with E-state index in [-0.39, 0.29) is 17.9 Å². The molecule has 1 saturated carbocycles. The molecule has 4 amide bonds. The first-order valence-corrected chi connectivity index (χ1v) is 10.5. The molecule has 0 radical (unpaired) electrons. The summed E-state index contributed by atoms with van der Waals surface area (Å²) in [7, 11) is 0. The van der Waals surface area contributed by atoms with Crippen LogP contribution in [0.3, 0.4) is 0 Å². The van der Waals surface area contributed by atoms with E-state index in [1.165, 1.54) is 0 Å². The van der Waals surface area contributed by atoms with Gasteiger partial charge in [-0.25, -0.2) is 9.78 Å². The van der Waals surface area contributed by atoms with Crippen molar-refractivity contribution in [3.63, 3.8) is 0 Å². The zero-order chi connectivity index (χ0) is 22.4. The summed E-state index contributed by atoms with van der Waals surface area (Å²) in [6.45, 7) is 7.80. The van der Waals surface area contributed by atoms with Crippen molar-refractivity contribution >= 4 is 23.5 Å². The lowest BCUT2D eigenvalue weighted by atomic mass is 9.64. The van der Waals surface area contributed by atoms with Gasteiger partial charge in [-0.2, -0.15) is 5.10 Å². The van der Waals surface area contributed by atoms with Crippen LogP contribution in [0.2, 0.25) is 0 Å². The van der Waals surface area contributed by atoms with Crippen molar-refractivity contribution in [3.05, 3.63) is 30.1 Å². The standard InChI is InChI=1S/C22H28N6O3/c1-13-9-21(3,4)12-22(10-13)19(30)28(20(31)25-22)11-17(29)24-16-7-5-6-15(8-16)18-23-14(2)26-27-18/h5-8,13H,9-12H2,1-4H3,(H,24,29)(H,25,31)(H,23,26,27)/t13-,22+/m1/s1. The number of hydrogen-bond donors (Lipinski definition) is 3. The number of H-pyrrole nitrogens is 1. The summed E-state index contributed by atoms with van der Waals surface area (Å²) in [5, 5.41) is 12.6. The maximum absolute atomic E-state index is 13.2. The van der Waals surface area contributed by atoms with Gasteiger partial charge < -0.3 is 10.6 Å². The fourth-order valence-electron chi connectivity index (χ4n) is 5.20. The second kappa shape index (κ2) is 7.47. The number of aromatic nitrogens is 3. The quantitative estimate of drug-likeness (QED) is 0.652. The highest BCUT2D eigenvalue weighted by atomic mass is 16.2. The molecule has 2 fully saturated rings. The molecule has 9 heteroatoms. The van der Waals surface area contributed by atoms with Crippen LogP contribution < -0.4 is 10.6 Å². The molecule has 9 nitrogen and oxygen atoms in total. The number of hydrogen-bond acceptors (Lipinski definition) is 5. The van der Waals surface area contributed by atoms with Crippen molar-refractivity contribution in [1.29, 1.82) is 0 Å². The highest BCUT2D eigenvalue weighted by Gasteiger charge is 2.56. The van der Waals surface area contributed by atoms with Crippen LogP contribution >= 0.6 is 0 Å². The normalized spacial score (nSPS) is 25.0. The summed E-state index contributed by atoms with van der Waals surface area (Å²) in [6, 6.07) is 6.60. The summed E-state index contributed by atoms with van der Waals surface area (Å²) >= 11 is 0. The molecule has 4 rings (SSSR count). The minimum Gasteiger partial charge on any atom is -0.325 e. The molecule has 1 saturated heterocycles. The second-order valence-corrected chi connectivity index (χ2v) is 9.63. The Morgan fingerprint density at radius 2 is 2.06 bits per heavy atom. The van der Waals surface area contributed by atoms with Crippen LogP contribution in [0.4, 0.5) is 10.5 Å². The summed E-state index contributed by atoms with van der Waals surface area (Å²) in [5.74, 6) is 0.781. The number of amides is 4. The van der Waals surface area contributed by atoms with Crippen LogP contribution in [0, 0.1) is 18.3 Å². The number of benzene rings is 1. The molecule has 2 aliphatic rings. The first kappa shape index (κ1) is 21.0. The SMILES string of the molecule is Cc1nc(-c2cccc(NC(=O)CN3C(=O)N[C@]4(C[C@H](C)CC(C)(C)C4)C3=O)c2)n[nH]1. The van der Waals surface area contributed by atoms with Gasteiger partial charge in [0, 0.05) is 11.3 Å². The van der Waals surface area contributed by atoms with E-state index < -0.39 is 17.5 Å². The Labute approximate surface area is 181 Å². The molecular weight excluding hydrogens is 396 g/mol. The van der Waals surface area contributed by atoms with Crippen molar-refractivity contribution < 1.29 is 14.4 Å². The highest BCUT2D eigenvalue weighted by molar-refractivity contribution is 6.10. The topological polar surface area (TPSA) is 120 Å². The lowest BCUT2D eigenvalue weighted by molar-refractivity contribution is -0.136. The summed E-state index contributed by atoms with van der Waals surface area (Å²) in [5.41, 5.74) is 0.313. The van der Waals surface area contributed by atoms with Crippen molar-refractivity contribution in [2.24, 2.45) is 11.3 Å². The van der Waals surface area contributed by atoms with E-state index in [9.17, 15) is 14.4 Å². The molecule has 2 heterocycles. The Morgan fingerprint density at radius 3 is 2.74 bits per heavy atom. The third-order valence-electron chi connectivity index (χ3n) is 5.93. The highest BCUT2D eigenvalue weighted by Crippen LogP contribution is 2.46. The van der Waals surface area contributed by atoms with Crippen molar-refractivity contribution in [2.45, 2.75) is 52.5 Å². The molecule has 3 N–H and O–H groups in total. The molecule has 0 unspecified atom stereocenters. The number of aryl methyl sites for hydroxylation is 1. The number of carbonyl (C=O) groups excluding carboxylic acids is 3. The van der Waals surface area contributed by atoms with Gasteiger partial charge in [-0.1, -0.05) is 32.9 Å². The number of imide groups is 1. The second-order valence-electron chi connectivity index (χ2n) is 9.63. The molecule has 1 aliphatic heterocycles. The molecule has 0 bridgehead atoms. The van der Waals surface area contributed by atoms with Gasteiger partial charge in [-0.15, -0.1) is 0 Å². The maximum atomic E-state index is 13.2. The summed E-state index contributed by atoms with van der Waals surface area (Å²) < 4.78 is 0. The van der Waals surface area contributed by atoms with Crippen LogP contribution in [-0.2, 0) is 9.59 Å². The van der Waals surface area contributed by atoms with Crippen LogP contribution in [0.5, 0.6) is 0 Å². The lowest BCUT2D eigenvalue weighted by Gasteiger charge is -2.43. The number of urea groups is 1. The van der Waals surface area contributed by atoms with E-state index in [1.54, 1.807) is 25.1 Å². The Morgan fingerprint density at radius 1 is 1.29 bits per heavy atom. The fourth-order valence-corrected chi connectivity index (χ4v) is 5.20. The van der Waals surface area contributed by atoms with Crippen molar-refractivity contribution in [3.8, 4) is 11.4 Å². The Kier molecular flexibility index (Phi) is 5.07. The third-order valence-corrected chi connectivity index (χ3v) is 5.93. The van der Waals surface area contributed by atoms with Crippen LogP contribution in [-0.4, -0.2) is 50.0 Å². The molecule has 1 aliphatic carbocycles. The van der Waals surface area contributed by atoms with Crippen molar-refractivity contribution in [1.82, 2.24) is 25.4 Å². The minimum absolute atomic E-state index is 0.0576. The molecule has 1 spiro atoms. The first-order valence-electron chi connectivity index (χ1n) is 10.5. The number of nitrogens with one attached hydrogen (secondary N) is 3. The molecular formula is C22H28N6O3. The van der Waals surface area contributed by atoms with E-state index in [2.05, 4.69) is 46.6 Å². The van der Waals surface area contributed by atoms with Crippen LogP contribution in [0.1, 0.15) is 45.9 Å².